The molecule has 3 radical (unpaired) electrons. The molecular weight excluding hydrogens is 158 g/mol. The van der Waals surface area contributed by atoms with Crippen LogP contribution in [-0.2, 0) is 9.59 Å². The third-order valence-corrected chi connectivity index (χ3v) is 0.595. The van der Waals surface area contributed by atoms with Crippen LogP contribution in [0.2, 0.25) is 0 Å². The predicted octanol–water partition coefficient (Wildman–Crippen LogP) is 1.38. The maximum Gasteiger partial charge on any atom is 0.304 e. The van der Waals surface area contributed by atoms with Crippen molar-refractivity contribution in [3.8, 4) is 0 Å². The Morgan fingerprint density at radius 3 is 1.14 bits per heavy atom. The second-order valence-electron chi connectivity index (χ2n) is 0.547. The Bertz CT molecular complexity index is 79.7. The number of hydrogen-bond donors (Lipinski definition) is 0. The largest absolute Gasteiger partial charge is 0.304 e. The summed E-state index contributed by atoms with van der Waals surface area (Å²) in [6.45, 7) is 0. The topological polar surface area (TPSA) is 34.1 Å². The van der Waals surface area contributed by atoms with Crippen molar-refractivity contribution in [3.05, 3.63) is 0 Å². The molecule has 2 nitrogen and oxygen atoms in total. The Labute approximate surface area is 53.8 Å². The van der Waals surface area contributed by atoms with E-state index in [2.05, 4.69) is 23.2 Å². The fourth-order valence-electron chi connectivity index (χ4n) is 0. The summed E-state index contributed by atoms with van der Waals surface area (Å²) in [5, 5.41) is -2.28. The van der Waals surface area contributed by atoms with Gasteiger partial charge in [0, 0.05) is 9.90 Å². The third kappa shape index (κ3) is 6.35. The first-order valence-electron chi connectivity index (χ1n) is 1.04. The SMILES string of the molecule is O=C(Cl)C(=O)Cl.[P]. The van der Waals surface area contributed by atoms with Crippen LogP contribution >= 0.6 is 33.1 Å². The lowest BCUT2D eigenvalue weighted by atomic mass is 10.9. The van der Waals surface area contributed by atoms with Crippen LogP contribution < -0.4 is 0 Å². The molecule has 0 unspecified atom stereocenters. The summed E-state index contributed by atoms with van der Waals surface area (Å²) in [5.74, 6) is 0. The van der Waals surface area contributed by atoms with Crippen molar-refractivity contribution in [2.45, 2.75) is 0 Å². The first-order valence-corrected chi connectivity index (χ1v) is 1.79. The van der Waals surface area contributed by atoms with Crippen LogP contribution in [0.1, 0.15) is 0 Å². The molecule has 0 aromatic rings. The van der Waals surface area contributed by atoms with Crippen LogP contribution in [0.4, 0.5) is 0 Å². The lowest BCUT2D eigenvalue weighted by Crippen LogP contribution is -1.94. The van der Waals surface area contributed by atoms with Crippen molar-refractivity contribution >= 4 is 43.6 Å². The Morgan fingerprint density at radius 1 is 1.00 bits per heavy atom. The summed E-state index contributed by atoms with van der Waals surface area (Å²) < 4.78 is 0. The van der Waals surface area contributed by atoms with Gasteiger partial charge in [0.15, 0.2) is 0 Å². The van der Waals surface area contributed by atoms with Crippen LogP contribution in [0, 0.1) is 0 Å². The standard InChI is InChI=1S/C2Cl2O2.P/c3-1(5)2(4)6;. The average molecular weight is 158 g/mol. The van der Waals surface area contributed by atoms with E-state index < -0.39 is 10.5 Å². The zero-order valence-electron chi connectivity index (χ0n) is 3.02. The predicted molar refractivity (Wildman–Crippen MR) is 28.6 cm³/mol. The van der Waals surface area contributed by atoms with Crippen LogP contribution in [0.5, 0.6) is 0 Å². The fourth-order valence-corrected chi connectivity index (χ4v) is 0. The Kier molecular flexibility index (Phi) is 6.67. The Balaban J connectivity index is 0. The zero-order valence-corrected chi connectivity index (χ0v) is 5.43. The molecule has 0 atom stereocenters. The van der Waals surface area contributed by atoms with E-state index in [0.717, 1.165) is 0 Å². The molecule has 7 heavy (non-hydrogen) atoms. The highest BCUT2D eigenvalue weighted by Crippen LogP contribution is 1.84. The molecule has 5 heteroatoms. The van der Waals surface area contributed by atoms with Crippen molar-refractivity contribution in [1.29, 1.82) is 0 Å². The van der Waals surface area contributed by atoms with E-state index in [-0.39, 0.29) is 9.90 Å². The maximum atomic E-state index is 9.43. The second-order valence-corrected chi connectivity index (χ2v) is 1.23. The fraction of sp³-hybridized carbons (Fsp3) is 0. The minimum Gasteiger partial charge on any atom is -0.271 e. The minimum absolute atomic E-state index is 0. The van der Waals surface area contributed by atoms with E-state index in [1.54, 1.807) is 0 Å². The van der Waals surface area contributed by atoms with Crippen molar-refractivity contribution in [3.63, 3.8) is 0 Å². The van der Waals surface area contributed by atoms with Crippen molar-refractivity contribution in [2.24, 2.45) is 0 Å². The maximum absolute atomic E-state index is 9.43. The van der Waals surface area contributed by atoms with Gasteiger partial charge in [0.2, 0.25) is 0 Å². The summed E-state index contributed by atoms with van der Waals surface area (Å²) >= 11 is 8.98. The van der Waals surface area contributed by atoms with E-state index in [1.807, 2.05) is 0 Å². The Hall–Kier alpha value is 0.350. The molecule has 0 rings (SSSR count). The van der Waals surface area contributed by atoms with E-state index in [0.29, 0.717) is 0 Å². The molecular formula is C2Cl2O2P. The van der Waals surface area contributed by atoms with E-state index >= 15 is 0 Å². The highest BCUT2D eigenvalue weighted by Gasteiger charge is 2.01. The van der Waals surface area contributed by atoms with Crippen LogP contribution in [-0.4, -0.2) is 10.5 Å². The second kappa shape index (κ2) is 4.51. The van der Waals surface area contributed by atoms with Gasteiger partial charge in [-0.25, -0.2) is 0 Å². The van der Waals surface area contributed by atoms with E-state index in [1.165, 1.54) is 0 Å². The number of halogens is 2. The molecule has 0 fully saturated rings. The van der Waals surface area contributed by atoms with Gasteiger partial charge in [-0.2, -0.15) is 0 Å². The molecule has 0 N–H and O–H groups in total. The quantitative estimate of drug-likeness (QED) is 0.328. The summed E-state index contributed by atoms with van der Waals surface area (Å²) in [7, 11) is 0. The van der Waals surface area contributed by atoms with Gasteiger partial charge < -0.3 is 0 Å². The molecule has 39 valence electrons. The highest BCUT2D eigenvalue weighted by molar-refractivity contribution is 6.97. The molecule has 0 aliphatic rings. The van der Waals surface area contributed by atoms with Gasteiger partial charge in [-0.3, -0.25) is 9.59 Å². The van der Waals surface area contributed by atoms with Gasteiger partial charge in [-0.15, -0.1) is 0 Å². The normalized spacial score (nSPS) is 6.57. The summed E-state index contributed by atoms with van der Waals surface area (Å²) in [4.78, 5) is 18.9. The first-order chi connectivity index (χ1) is 2.64. The van der Waals surface area contributed by atoms with Gasteiger partial charge >= 0.3 is 10.5 Å². The zero-order chi connectivity index (χ0) is 5.15. The van der Waals surface area contributed by atoms with E-state index in [4.69, 9.17) is 0 Å². The Morgan fingerprint density at radius 2 is 1.14 bits per heavy atom. The third-order valence-electron chi connectivity index (χ3n) is 0.155. The number of carbonyl (C=O) groups is 2. The molecule has 0 bridgehead atoms. The molecule has 0 amide bonds. The number of carbonyl (C=O) groups excluding carboxylic acids is 2. The van der Waals surface area contributed by atoms with Crippen LogP contribution in [0.3, 0.4) is 0 Å². The van der Waals surface area contributed by atoms with E-state index in [9.17, 15) is 9.59 Å². The van der Waals surface area contributed by atoms with Gasteiger partial charge in [0.05, 0.1) is 0 Å². The summed E-state index contributed by atoms with van der Waals surface area (Å²) in [5.41, 5.74) is 0. The molecule has 0 saturated carbocycles. The van der Waals surface area contributed by atoms with Gasteiger partial charge in [-0.05, 0) is 23.2 Å². The van der Waals surface area contributed by atoms with Crippen molar-refractivity contribution in [1.82, 2.24) is 0 Å². The summed E-state index contributed by atoms with van der Waals surface area (Å²) in [6.07, 6.45) is 0. The highest BCUT2D eigenvalue weighted by atomic mass is 35.5. The lowest BCUT2D eigenvalue weighted by molar-refractivity contribution is -0.127. The molecule has 0 aliphatic heterocycles. The molecule has 0 saturated heterocycles. The van der Waals surface area contributed by atoms with Crippen LogP contribution in [0.25, 0.3) is 0 Å². The smallest absolute Gasteiger partial charge is 0.271 e. The average Bonchev–Trinajstić information content (AvgIpc) is 1.36. The van der Waals surface area contributed by atoms with Crippen LogP contribution in [0.15, 0.2) is 0 Å². The molecule has 0 spiro atoms. The molecule has 0 aromatic carbocycles. The van der Waals surface area contributed by atoms with Gasteiger partial charge in [0.25, 0.3) is 0 Å². The lowest BCUT2D eigenvalue weighted by Gasteiger charge is -1.67. The molecule has 0 aromatic heterocycles. The summed E-state index contributed by atoms with van der Waals surface area (Å²) in [6, 6.07) is 0. The van der Waals surface area contributed by atoms with Gasteiger partial charge in [-0.1, -0.05) is 0 Å². The molecule has 0 heterocycles. The number of hydrogen-bond acceptors (Lipinski definition) is 2. The van der Waals surface area contributed by atoms with Crippen molar-refractivity contribution in [2.75, 3.05) is 0 Å². The van der Waals surface area contributed by atoms with Gasteiger partial charge in [0.1, 0.15) is 0 Å². The first kappa shape index (κ1) is 10.4. The molecule has 0 aliphatic carbocycles. The monoisotopic (exact) mass is 157 g/mol. The number of rotatable bonds is 1. The van der Waals surface area contributed by atoms with Crippen molar-refractivity contribution < 1.29 is 9.59 Å². The minimum atomic E-state index is -1.14.